The topological polar surface area (TPSA) is 42.2 Å². The molecule has 0 radical (unpaired) electrons. The van der Waals surface area contributed by atoms with E-state index in [4.69, 9.17) is 14.4 Å². The summed E-state index contributed by atoms with van der Waals surface area (Å²) < 4.78 is 6.56. The molecule has 0 N–H and O–H groups in total. The van der Waals surface area contributed by atoms with Gasteiger partial charge >= 0.3 is 0 Å². The second-order valence-corrected chi connectivity index (χ2v) is 11.4. The molecule has 0 unspecified atom stereocenters. The van der Waals surface area contributed by atoms with Crippen molar-refractivity contribution in [3.8, 4) is 22.7 Å². The van der Waals surface area contributed by atoms with Crippen LogP contribution in [0.15, 0.2) is 168 Å². The molecule has 9 rings (SSSR count). The largest absolute Gasteiger partial charge is 0.435 e. The fraction of sp³-hybridized carbons (Fsp3) is 0. The normalized spacial score (nSPS) is 11.5. The Morgan fingerprint density at radius 3 is 1.91 bits per heavy atom. The predicted octanol–water partition coefficient (Wildman–Crippen LogP) is 11.5. The number of rotatable bonds is 5. The number of hydrogen-bond donors (Lipinski definition) is 0. The summed E-state index contributed by atoms with van der Waals surface area (Å²) in [7, 11) is 0. The minimum atomic E-state index is 0.620. The van der Waals surface area contributed by atoms with E-state index in [1.54, 1.807) is 0 Å². The minimum Gasteiger partial charge on any atom is -0.435 e. The third kappa shape index (κ3) is 4.31. The van der Waals surface area contributed by atoms with E-state index in [1.165, 1.54) is 0 Å². The van der Waals surface area contributed by atoms with Crippen molar-refractivity contribution in [3.63, 3.8) is 0 Å². The van der Waals surface area contributed by atoms with Crippen LogP contribution in [0.4, 0.5) is 17.2 Å². The van der Waals surface area contributed by atoms with Crippen LogP contribution in [0.5, 0.6) is 0 Å². The fourth-order valence-electron chi connectivity index (χ4n) is 6.53. The Morgan fingerprint density at radius 1 is 0.457 bits per heavy atom. The number of benzene rings is 7. The van der Waals surface area contributed by atoms with E-state index in [9.17, 15) is 0 Å². The van der Waals surface area contributed by atoms with Gasteiger partial charge in [0.15, 0.2) is 5.58 Å². The van der Waals surface area contributed by atoms with Crippen molar-refractivity contribution in [2.45, 2.75) is 0 Å². The number of anilines is 3. The van der Waals surface area contributed by atoms with Gasteiger partial charge in [0.1, 0.15) is 11.3 Å². The molecular formula is C42H27N3O. The second-order valence-electron chi connectivity index (χ2n) is 11.4. The maximum Gasteiger partial charge on any atom is 0.227 e. The van der Waals surface area contributed by atoms with Crippen LogP contribution in [0, 0.1) is 0 Å². The quantitative estimate of drug-likeness (QED) is 0.187. The fourth-order valence-corrected chi connectivity index (χ4v) is 6.53. The predicted molar refractivity (Wildman–Crippen MR) is 190 cm³/mol. The van der Waals surface area contributed by atoms with Gasteiger partial charge in [-0.25, -0.2) is 9.97 Å². The molecular weight excluding hydrogens is 562 g/mol. The maximum atomic E-state index is 6.56. The van der Waals surface area contributed by atoms with Crippen LogP contribution in [0.3, 0.4) is 0 Å². The number of oxazole rings is 1. The van der Waals surface area contributed by atoms with Crippen LogP contribution in [0.25, 0.3) is 66.1 Å². The van der Waals surface area contributed by atoms with Crippen molar-refractivity contribution < 1.29 is 4.42 Å². The Kier molecular flexibility index (Phi) is 6.10. The molecule has 0 bridgehead atoms. The summed E-state index contributed by atoms with van der Waals surface area (Å²) in [5, 5.41) is 6.68. The van der Waals surface area contributed by atoms with Crippen LogP contribution in [-0.4, -0.2) is 9.97 Å². The molecule has 0 saturated heterocycles. The van der Waals surface area contributed by atoms with E-state index < -0.39 is 0 Å². The molecule has 2 aromatic heterocycles. The highest BCUT2D eigenvalue weighted by Gasteiger charge is 2.20. The molecule has 0 atom stereocenters. The van der Waals surface area contributed by atoms with Gasteiger partial charge < -0.3 is 4.42 Å². The smallest absolute Gasteiger partial charge is 0.227 e. The molecule has 0 spiro atoms. The molecule has 0 aliphatic heterocycles. The van der Waals surface area contributed by atoms with Crippen molar-refractivity contribution >= 4 is 60.6 Å². The van der Waals surface area contributed by atoms with E-state index in [0.29, 0.717) is 5.89 Å². The molecule has 2 heterocycles. The molecule has 0 aliphatic carbocycles. The number of para-hydroxylation sites is 1. The Bertz CT molecular complexity index is 2520. The van der Waals surface area contributed by atoms with E-state index in [1.807, 2.05) is 54.6 Å². The average molecular weight is 590 g/mol. The molecule has 46 heavy (non-hydrogen) atoms. The van der Waals surface area contributed by atoms with Crippen LogP contribution < -0.4 is 4.90 Å². The van der Waals surface area contributed by atoms with Crippen molar-refractivity contribution in [1.29, 1.82) is 0 Å². The van der Waals surface area contributed by atoms with Crippen molar-refractivity contribution in [3.05, 3.63) is 164 Å². The van der Waals surface area contributed by atoms with E-state index in [-0.39, 0.29) is 0 Å². The summed E-state index contributed by atoms with van der Waals surface area (Å²) in [4.78, 5) is 12.5. The summed E-state index contributed by atoms with van der Waals surface area (Å²) >= 11 is 0. The van der Waals surface area contributed by atoms with Crippen molar-refractivity contribution in [2.75, 3.05) is 4.90 Å². The molecule has 9 aromatic rings. The first-order chi connectivity index (χ1) is 22.8. The number of pyridine rings is 1. The molecule has 7 aromatic carbocycles. The number of nitrogens with zero attached hydrogens (tertiary/aromatic N) is 3. The van der Waals surface area contributed by atoms with Crippen LogP contribution >= 0.6 is 0 Å². The third-order valence-corrected chi connectivity index (χ3v) is 8.66. The molecule has 0 fully saturated rings. The lowest BCUT2D eigenvalue weighted by Gasteiger charge is -2.25. The summed E-state index contributed by atoms with van der Waals surface area (Å²) in [5.41, 5.74) is 6.67. The zero-order valence-electron chi connectivity index (χ0n) is 24.8. The molecule has 4 heteroatoms. The van der Waals surface area contributed by atoms with Gasteiger partial charge in [0.2, 0.25) is 5.89 Å². The zero-order chi connectivity index (χ0) is 30.5. The Hall–Kier alpha value is -6.26. The lowest BCUT2D eigenvalue weighted by Crippen LogP contribution is -2.11. The maximum absolute atomic E-state index is 6.56. The minimum absolute atomic E-state index is 0.620. The first-order valence-corrected chi connectivity index (χ1v) is 15.4. The number of hydrogen-bond acceptors (Lipinski definition) is 4. The van der Waals surface area contributed by atoms with Gasteiger partial charge in [-0.1, -0.05) is 115 Å². The molecule has 0 saturated carbocycles. The van der Waals surface area contributed by atoms with E-state index >= 15 is 0 Å². The average Bonchev–Trinajstić information content (AvgIpc) is 3.59. The Morgan fingerprint density at radius 2 is 1.13 bits per heavy atom. The second kappa shape index (κ2) is 10.7. The third-order valence-electron chi connectivity index (χ3n) is 8.66. The van der Waals surface area contributed by atoms with Crippen LogP contribution in [0.2, 0.25) is 0 Å². The number of aromatic nitrogens is 2. The molecule has 4 nitrogen and oxygen atoms in total. The number of fused-ring (bicyclic) bond motifs is 8. The summed E-state index contributed by atoms with van der Waals surface area (Å²) in [5.74, 6) is 1.46. The first kappa shape index (κ1) is 26.2. The van der Waals surface area contributed by atoms with Gasteiger partial charge in [0, 0.05) is 33.3 Å². The Labute approximate surface area is 265 Å². The molecule has 0 amide bonds. The highest BCUT2D eigenvalue weighted by Crippen LogP contribution is 2.43. The van der Waals surface area contributed by atoms with Crippen molar-refractivity contribution in [1.82, 2.24) is 9.97 Å². The van der Waals surface area contributed by atoms with E-state index in [2.05, 4.69) is 114 Å². The lowest BCUT2D eigenvalue weighted by atomic mass is 9.95. The first-order valence-electron chi connectivity index (χ1n) is 15.4. The van der Waals surface area contributed by atoms with Gasteiger partial charge in [0.05, 0.1) is 5.69 Å². The van der Waals surface area contributed by atoms with Gasteiger partial charge in [-0.3, -0.25) is 4.90 Å². The Balaban J connectivity index is 1.32. The monoisotopic (exact) mass is 589 g/mol. The lowest BCUT2D eigenvalue weighted by molar-refractivity contribution is 0.623. The van der Waals surface area contributed by atoms with Gasteiger partial charge in [-0.15, -0.1) is 0 Å². The molecule has 0 aliphatic rings. The zero-order valence-corrected chi connectivity index (χ0v) is 24.8. The highest BCUT2D eigenvalue weighted by molar-refractivity contribution is 6.29. The van der Waals surface area contributed by atoms with Crippen LogP contribution in [-0.2, 0) is 0 Å². The van der Waals surface area contributed by atoms with Crippen LogP contribution in [0.1, 0.15) is 0 Å². The van der Waals surface area contributed by atoms with Gasteiger partial charge in [0.25, 0.3) is 0 Å². The van der Waals surface area contributed by atoms with Crippen molar-refractivity contribution in [2.24, 2.45) is 0 Å². The van der Waals surface area contributed by atoms with Gasteiger partial charge in [-0.05, 0) is 70.1 Å². The summed E-state index contributed by atoms with van der Waals surface area (Å²) in [6.45, 7) is 0. The standard InChI is InChI=1S/C42H27N3O/c1-4-13-29(14-5-1)37-21-12-22-38(43-37)45(31-17-8-3-9-18-31)32-25-23-28-24-26-34-33-19-10-11-20-35(33)41-40(39(34)36(28)27-32)44-42(46-41)30-15-6-2-7-16-30/h1-27H. The molecule has 216 valence electrons. The SMILES string of the molecule is c1ccc(-c2cccc(N(c3ccccc3)c3ccc4ccc5c6ccccc6c6oc(-c7ccccc7)nc6c5c4c3)n2)cc1. The van der Waals surface area contributed by atoms with E-state index in [0.717, 1.165) is 77.4 Å². The highest BCUT2D eigenvalue weighted by atomic mass is 16.3. The summed E-state index contributed by atoms with van der Waals surface area (Å²) in [6, 6.07) is 56.6. The van der Waals surface area contributed by atoms with Gasteiger partial charge in [-0.2, -0.15) is 0 Å². The summed E-state index contributed by atoms with van der Waals surface area (Å²) in [6.07, 6.45) is 0.